The Morgan fingerprint density at radius 3 is 2.31 bits per heavy atom. The Balaban J connectivity index is 2.63. The topological polar surface area (TPSA) is 113 Å². The minimum atomic E-state index is -0.941. The molecule has 1 aliphatic rings. The van der Waals surface area contributed by atoms with Crippen LogP contribution in [-0.4, -0.2) is 42.6 Å². The second-order valence-corrected chi connectivity index (χ2v) is 5.39. The van der Waals surface area contributed by atoms with Gasteiger partial charge in [0.15, 0.2) is 0 Å². The minimum Gasteiger partial charge on any atom is -0.480 e. The number of rotatable bonds is 6. The van der Waals surface area contributed by atoms with Gasteiger partial charge in [-0.3, -0.25) is 9.78 Å². The number of esters is 2. The van der Waals surface area contributed by atoms with Crippen LogP contribution in [0.2, 0.25) is 0 Å². The third kappa shape index (κ3) is 4.01. The summed E-state index contributed by atoms with van der Waals surface area (Å²) in [7, 11) is 0. The lowest BCUT2D eigenvalue weighted by Crippen LogP contribution is -2.40. The van der Waals surface area contributed by atoms with Crippen molar-refractivity contribution in [2.75, 3.05) is 19.8 Å². The fourth-order valence-electron chi connectivity index (χ4n) is 2.83. The molecule has 0 spiro atoms. The smallest absolute Gasteiger partial charge is 0.338 e. The summed E-state index contributed by atoms with van der Waals surface area (Å²) in [4.78, 5) is 33.4. The average molecular weight is 361 g/mol. The standard InChI is InChI=1S/C18H23N3O5/c1-4-24-16-14(18(23)26-6-3)12(11-7-9-20-10-8-11)13(15(19)21-16)17(22)25-5-2/h7-10,12,14H,4-6,19H2,1-3H3. The molecule has 2 N–H and O–H groups in total. The SMILES string of the molecule is CCOC(=O)C1=C(N)N=C(OCC)C(C(=O)OCC)C1c1ccncc1. The van der Waals surface area contributed by atoms with E-state index in [1.54, 1.807) is 45.3 Å². The summed E-state index contributed by atoms with van der Waals surface area (Å²) in [5.74, 6) is -2.76. The van der Waals surface area contributed by atoms with E-state index in [1.807, 2.05) is 0 Å². The molecule has 2 unspecified atom stereocenters. The van der Waals surface area contributed by atoms with E-state index < -0.39 is 23.8 Å². The molecule has 2 rings (SSSR count). The van der Waals surface area contributed by atoms with E-state index in [0.717, 1.165) is 0 Å². The quantitative estimate of drug-likeness (QED) is 0.764. The van der Waals surface area contributed by atoms with Gasteiger partial charge in [0.2, 0.25) is 5.90 Å². The molecule has 0 saturated carbocycles. The van der Waals surface area contributed by atoms with Gasteiger partial charge in [-0.15, -0.1) is 0 Å². The second-order valence-electron chi connectivity index (χ2n) is 5.39. The van der Waals surface area contributed by atoms with E-state index in [4.69, 9.17) is 19.9 Å². The summed E-state index contributed by atoms with van der Waals surface area (Å²) in [5.41, 5.74) is 6.81. The van der Waals surface area contributed by atoms with Gasteiger partial charge in [-0.25, -0.2) is 4.79 Å². The maximum Gasteiger partial charge on any atom is 0.338 e. The Kier molecular flexibility index (Phi) is 6.71. The van der Waals surface area contributed by atoms with Crippen molar-refractivity contribution in [3.63, 3.8) is 0 Å². The van der Waals surface area contributed by atoms with Gasteiger partial charge in [-0.2, -0.15) is 4.99 Å². The van der Waals surface area contributed by atoms with Gasteiger partial charge in [-0.05, 0) is 38.5 Å². The number of hydrogen-bond acceptors (Lipinski definition) is 8. The molecule has 0 radical (unpaired) electrons. The maximum atomic E-state index is 12.7. The summed E-state index contributed by atoms with van der Waals surface area (Å²) >= 11 is 0. The summed E-state index contributed by atoms with van der Waals surface area (Å²) in [5, 5.41) is 0. The number of nitrogens with zero attached hydrogens (tertiary/aromatic N) is 2. The Morgan fingerprint density at radius 2 is 1.73 bits per heavy atom. The molecule has 1 aromatic heterocycles. The van der Waals surface area contributed by atoms with Crippen molar-refractivity contribution in [2.24, 2.45) is 16.6 Å². The predicted molar refractivity (Wildman–Crippen MR) is 94.0 cm³/mol. The molecule has 8 nitrogen and oxygen atoms in total. The monoisotopic (exact) mass is 361 g/mol. The molecule has 26 heavy (non-hydrogen) atoms. The third-order valence-electron chi connectivity index (χ3n) is 3.81. The molecule has 1 aliphatic heterocycles. The second kappa shape index (κ2) is 8.98. The molecule has 0 fully saturated rings. The molecule has 2 atom stereocenters. The van der Waals surface area contributed by atoms with Gasteiger partial charge in [-0.1, -0.05) is 0 Å². The highest BCUT2D eigenvalue weighted by Gasteiger charge is 2.45. The lowest BCUT2D eigenvalue weighted by molar-refractivity contribution is -0.146. The van der Waals surface area contributed by atoms with Gasteiger partial charge >= 0.3 is 11.9 Å². The van der Waals surface area contributed by atoms with E-state index in [9.17, 15) is 9.59 Å². The van der Waals surface area contributed by atoms with Crippen molar-refractivity contribution in [3.05, 3.63) is 41.5 Å². The first-order valence-corrected chi connectivity index (χ1v) is 8.49. The Labute approximate surface area is 152 Å². The predicted octanol–water partition coefficient (Wildman–Crippen LogP) is 1.53. The first-order valence-electron chi connectivity index (χ1n) is 8.49. The normalized spacial score (nSPS) is 19.6. The first-order chi connectivity index (χ1) is 12.5. The number of carbonyl (C=O) groups is 2. The fraction of sp³-hybridized carbons (Fsp3) is 0.444. The number of pyridine rings is 1. The van der Waals surface area contributed by atoms with Gasteiger partial charge in [0.1, 0.15) is 11.7 Å². The number of nitrogens with two attached hydrogens (primary N) is 1. The number of carbonyl (C=O) groups excluding carboxylic acids is 2. The third-order valence-corrected chi connectivity index (χ3v) is 3.81. The average Bonchev–Trinajstić information content (AvgIpc) is 2.62. The molecular formula is C18H23N3O5. The molecule has 0 saturated heterocycles. The summed E-state index contributed by atoms with van der Waals surface area (Å²) in [6.45, 7) is 5.82. The zero-order valence-corrected chi connectivity index (χ0v) is 15.1. The molecule has 0 aromatic carbocycles. The van der Waals surface area contributed by atoms with Crippen molar-refractivity contribution in [2.45, 2.75) is 26.7 Å². The Morgan fingerprint density at radius 1 is 1.08 bits per heavy atom. The summed E-state index contributed by atoms with van der Waals surface area (Å²) in [6.07, 6.45) is 3.14. The van der Waals surface area contributed by atoms with Crippen molar-refractivity contribution < 1.29 is 23.8 Å². The highest BCUT2D eigenvalue weighted by Crippen LogP contribution is 2.39. The number of aromatic nitrogens is 1. The van der Waals surface area contributed by atoms with Crippen molar-refractivity contribution >= 4 is 17.8 Å². The van der Waals surface area contributed by atoms with Crippen LogP contribution in [0.25, 0.3) is 0 Å². The number of ether oxygens (including phenoxy) is 3. The van der Waals surface area contributed by atoms with Crippen LogP contribution in [0, 0.1) is 5.92 Å². The summed E-state index contributed by atoms with van der Waals surface area (Å²) in [6, 6.07) is 3.41. The molecule has 0 bridgehead atoms. The van der Waals surface area contributed by atoms with E-state index >= 15 is 0 Å². The van der Waals surface area contributed by atoms with Crippen LogP contribution in [-0.2, 0) is 23.8 Å². The molecule has 1 aromatic rings. The molecular weight excluding hydrogens is 338 g/mol. The van der Waals surface area contributed by atoms with E-state index in [1.165, 1.54) is 0 Å². The van der Waals surface area contributed by atoms with Gasteiger partial charge in [0.25, 0.3) is 0 Å². The van der Waals surface area contributed by atoms with Crippen LogP contribution in [0.4, 0.5) is 0 Å². The molecule has 0 aliphatic carbocycles. The van der Waals surface area contributed by atoms with Crippen LogP contribution in [0.1, 0.15) is 32.3 Å². The van der Waals surface area contributed by atoms with Gasteiger partial charge < -0.3 is 19.9 Å². The van der Waals surface area contributed by atoms with E-state index in [0.29, 0.717) is 12.2 Å². The van der Waals surface area contributed by atoms with Gasteiger partial charge in [0, 0.05) is 18.3 Å². The summed E-state index contributed by atoms with van der Waals surface area (Å²) < 4.78 is 15.9. The Bertz CT molecular complexity index is 715. The number of aliphatic imine (C=N–C) groups is 1. The highest BCUT2D eigenvalue weighted by molar-refractivity contribution is 6.04. The minimum absolute atomic E-state index is 0.0331. The van der Waals surface area contributed by atoms with Crippen molar-refractivity contribution in [3.8, 4) is 0 Å². The number of hydrogen-bond donors (Lipinski definition) is 1. The molecule has 2 heterocycles. The lowest BCUT2D eigenvalue weighted by Gasteiger charge is -2.31. The highest BCUT2D eigenvalue weighted by atomic mass is 16.5. The molecule has 140 valence electrons. The van der Waals surface area contributed by atoms with Crippen LogP contribution < -0.4 is 5.73 Å². The maximum absolute atomic E-state index is 12.7. The van der Waals surface area contributed by atoms with Crippen molar-refractivity contribution in [1.82, 2.24) is 4.98 Å². The molecule has 8 heteroatoms. The Hall–Kier alpha value is -2.90. The van der Waals surface area contributed by atoms with Crippen LogP contribution in [0.5, 0.6) is 0 Å². The first kappa shape index (κ1) is 19.4. The van der Waals surface area contributed by atoms with Crippen molar-refractivity contribution in [1.29, 1.82) is 0 Å². The van der Waals surface area contributed by atoms with Crippen LogP contribution in [0.15, 0.2) is 40.9 Å². The van der Waals surface area contributed by atoms with Crippen LogP contribution in [0.3, 0.4) is 0 Å². The van der Waals surface area contributed by atoms with Crippen LogP contribution >= 0.6 is 0 Å². The van der Waals surface area contributed by atoms with E-state index in [2.05, 4.69) is 9.98 Å². The molecule has 0 amide bonds. The lowest BCUT2D eigenvalue weighted by atomic mass is 9.78. The van der Waals surface area contributed by atoms with Gasteiger partial charge in [0.05, 0.1) is 25.4 Å². The van der Waals surface area contributed by atoms with E-state index in [-0.39, 0.29) is 30.5 Å². The fourth-order valence-corrected chi connectivity index (χ4v) is 2.83. The zero-order chi connectivity index (χ0) is 19.1. The largest absolute Gasteiger partial charge is 0.480 e. The zero-order valence-electron chi connectivity index (χ0n) is 15.1.